The van der Waals surface area contributed by atoms with Gasteiger partial charge in [-0.25, -0.2) is 9.59 Å². The molecule has 0 aliphatic carbocycles. The third-order valence-electron chi connectivity index (χ3n) is 4.31. The van der Waals surface area contributed by atoms with Crippen molar-refractivity contribution in [2.45, 2.75) is 31.6 Å². The van der Waals surface area contributed by atoms with Crippen LogP contribution in [0.25, 0.3) is 0 Å². The molecule has 2 aromatic rings. The number of amides is 2. The summed E-state index contributed by atoms with van der Waals surface area (Å²) in [5.41, 5.74) is 1.61. The molecule has 31 heavy (non-hydrogen) atoms. The number of hydrogen-bond acceptors (Lipinski definition) is 6. The summed E-state index contributed by atoms with van der Waals surface area (Å²) in [6, 6.07) is 16.2. The number of carboxylic acid groups (broad SMARTS) is 1. The summed E-state index contributed by atoms with van der Waals surface area (Å²) in [5, 5.41) is 33.1. The number of rotatable bonds is 10. The van der Waals surface area contributed by atoms with E-state index in [1.165, 1.54) is 0 Å². The minimum Gasteiger partial charge on any atom is -0.480 e. The summed E-state index contributed by atoms with van der Waals surface area (Å²) in [6.45, 7) is -0.177. The molecule has 4 N–H and O–H groups in total. The summed E-state index contributed by atoms with van der Waals surface area (Å²) >= 11 is 0. The number of carbonyl (C=O) groups is 3. The van der Waals surface area contributed by atoms with Crippen molar-refractivity contribution < 1.29 is 29.3 Å². The van der Waals surface area contributed by atoms with E-state index in [1.54, 1.807) is 36.4 Å². The van der Waals surface area contributed by atoms with Gasteiger partial charge in [0.2, 0.25) is 5.91 Å². The average Bonchev–Trinajstić information content (AvgIpc) is 2.76. The Bertz CT molecular complexity index is 942. The molecule has 0 spiro atoms. The maximum atomic E-state index is 12.1. The molecule has 0 aliphatic rings. The van der Waals surface area contributed by atoms with Gasteiger partial charge in [0.1, 0.15) is 12.6 Å². The normalized spacial score (nSPS) is 12.1. The van der Waals surface area contributed by atoms with Gasteiger partial charge in [-0.3, -0.25) is 4.79 Å². The largest absolute Gasteiger partial charge is 0.480 e. The third-order valence-corrected chi connectivity index (χ3v) is 4.31. The Morgan fingerprint density at radius 2 is 1.74 bits per heavy atom. The number of carbonyl (C=O) groups excluding carboxylic acids is 2. The fourth-order valence-corrected chi connectivity index (χ4v) is 2.74. The lowest BCUT2D eigenvalue weighted by Gasteiger charge is -2.17. The first kappa shape index (κ1) is 23.4. The van der Waals surface area contributed by atoms with Crippen molar-refractivity contribution in [1.82, 2.24) is 10.6 Å². The molecule has 2 amide bonds. The molecular formula is C22H23N3O6. The number of aliphatic hydroxyl groups is 1. The second kappa shape index (κ2) is 11.9. The molecule has 0 saturated carbocycles. The zero-order chi connectivity index (χ0) is 22.6. The second-order valence-corrected chi connectivity index (χ2v) is 6.73. The molecule has 0 unspecified atom stereocenters. The first-order chi connectivity index (χ1) is 14.9. The van der Waals surface area contributed by atoms with E-state index >= 15 is 0 Å². The van der Waals surface area contributed by atoms with Crippen LogP contribution < -0.4 is 10.6 Å². The molecule has 0 fully saturated rings. The number of nitrogens with one attached hydrogen (secondary N) is 2. The fraction of sp³-hybridized carbons (Fsp3) is 0.273. The van der Waals surface area contributed by atoms with Crippen molar-refractivity contribution in [3.8, 4) is 6.07 Å². The van der Waals surface area contributed by atoms with Crippen molar-refractivity contribution in [2.24, 2.45) is 0 Å². The van der Waals surface area contributed by atoms with Crippen LogP contribution in [0.2, 0.25) is 0 Å². The third kappa shape index (κ3) is 8.16. The Labute approximate surface area is 179 Å². The van der Waals surface area contributed by atoms with E-state index in [9.17, 15) is 24.6 Å². The SMILES string of the molecule is N#Cc1ccccc1C[C@H](NC(=O)C[C@@H](O)CNC(=O)OCc1ccccc1)C(=O)O. The van der Waals surface area contributed by atoms with Crippen LogP contribution >= 0.6 is 0 Å². The Kier molecular flexibility index (Phi) is 9.01. The van der Waals surface area contributed by atoms with E-state index in [4.69, 9.17) is 10.00 Å². The van der Waals surface area contributed by atoms with Crippen molar-refractivity contribution in [3.63, 3.8) is 0 Å². The predicted octanol–water partition coefficient (Wildman–Crippen LogP) is 1.35. The molecule has 0 aromatic heterocycles. The first-order valence-electron chi connectivity index (χ1n) is 9.51. The minimum atomic E-state index is -1.27. The van der Waals surface area contributed by atoms with Gasteiger partial charge in [-0.2, -0.15) is 5.26 Å². The van der Waals surface area contributed by atoms with E-state index in [1.807, 2.05) is 24.3 Å². The van der Waals surface area contributed by atoms with E-state index < -0.39 is 36.5 Å². The lowest BCUT2D eigenvalue weighted by molar-refractivity contribution is -0.142. The van der Waals surface area contributed by atoms with Crippen LogP contribution in [0.3, 0.4) is 0 Å². The summed E-state index contributed by atoms with van der Waals surface area (Å²) in [4.78, 5) is 35.3. The number of alkyl carbamates (subject to hydrolysis) is 1. The van der Waals surface area contributed by atoms with Gasteiger partial charge in [-0.15, -0.1) is 0 Å². The van der Waals surface area contributed by atoms with Gasteiger partial charge in [-0.1, -0.05) is 48.5 Å². The van der Waals surface area contributed by atoms with Crippen molar-refractivity contribution in [3.05, 3.63) is 71.3 Å². The van der Waals surface area contributed by atoms with Gasteiger partial charge in [0.05, 0.1) is 24.2 Å². The number of carboxylic acids is 1. The number of ether oxygens (including phenoxy) is 1. The summed E-state index contributed by atoms with van der Waals surface area (Å²) in [6.07, 6.45) is -2.47. The highest BCUT2D eigenvalue weighted by Gasteiger charge is 2.23. The Hall–Kier alpha value is -3.90. The quantitative estimate of drug-likeness (QED) is 0.449. The van der Waals surface area contributed by atoms with Crippen LogP contribution in [0.15, 0.2) is 54.6 Å². The van der Waals surface area contributed by atoms with Crippen LogP contribution in [0, 0.1) is 11.3 Å². The summed E-state index contributed by atoms with van der Waals surface area (Å²) < 4.78 is 5.00. The number of nitrogens with zero attached hydrogens (tertiary/aromatic N) is 1. The molecule has 0 bridgehead atoms. The van der Waals surface area contributed by atoms with Gasteiger partial charge in [0, 0.05) is 13.0 Å². The molecule has 0 aliphatic heterocycles. The Balaban J connectivity index is 1.78. The number of aliphatic hydroxyl groups excluding tert-OH is 1. The highest BCUT2D eigenvalue weighted by atomic mass is 16.5. The van der Waals surface area contributed by atoms with E-state index in [-0.39, 0.29) is 19.6 Å². The molecule has 2 atom stereocenters. The molecule has 2 rings (SSSR count). The van der Waals surface area contributed by atoms with E-state index in [2.05, 4.69) is 10.6 Å². The van der Waals surface area contributed by atoms with Crippen molar-refractivity contribution in [2.75, 3.05) is 6.54 Å². The number of nitriles is 1. The topological polar surface area (TPSA) is 149 Å². The van der Waals surface area contributed by atoms with Gasteiger partial charge in [-0.05, 0) is 17.2 Å². The maximum absolute atomic E-state index is 12.1. The smallest absolute Gasteiger partial charge is 0.407 e. The lowest BCUT2D eigenvalue weighted by atomic mass is 10.0. The van der Waals surface area contributed by atoms with E-state index in [0.717, 1.165) is 5.56 Å². The van der Waals surface area contributed by atoms with Crippen LogP contribution in [0.4, 0.5) is 4.79 Å². The van der Waals surface area contributed by atoms with E-state index in [0.29, 0.717) is 11.1 Å². The van der Waals surface area contributed by atoms with Crippen LogP contribution in [-0.2, 0) is 27.4 Å². The number of benzene rings is 2. The molecule has 0 heterocycles. The zero-order valence-corrected chi connectivity index (χ0v) is 16.7. The minimum absolute atomic E-state index is 0.0632. The first-order valence-corrected chi connectivity index (χ1v) is 9.51. The highest BCUT2D eigenvalue weighted by molar-refractivity contribution is 5.84. The molecule has 0 saturated heterocycles. The zero-order valence-electron chi connectivity index (χ0n) is 16.7. The maximum Gasteiger partial charge on any atom is 0.407 e. The van der Waals surface area contributed by atoms with Crippen molar-refractivity contribution >= 4 is 18.0 Å². The van der Waals surface area contributed by atoms with Crippen LogP contribution in [0.1, 0.15) is 23.1 Å². The van der Waals surface area contributed by atoms with Crippen LogP contribution in [0.5, 0.6) is 0 Å². The van der Waals surface area contributed by atoms with Gasteiger partial charge >= 0.3 is 12.1 Å². The van der Waals surface area contributed by atoms with Gasteiger partial charge in [0.25, 0.3) is 0 Å². The highest BCUT2D eigenvalue weighted by Crippen LogP contribution is 2.10. The number of aliphatic carboxylic acids is 1. The molecule has 9 heteroatoms. The van der Waals surface area contributed by atoms with Crippen LogP contribution in [-0.4, -0.2) is 46.9 Å². The average molecular weight is 425 g/mol. The Morgan fingerprint density at radius 3 is 2.42 bits per heavy atom. The molecular weight excluding hydrogens is 402 g/mol. The monoisotopic (exact) mass is 425 g/mol. The van der Waals surface area contributed by atoms with Crippen molar-refractivity contribution in [1.29, 1.82) is 5.26 Å². The molecule has 2 aromatic carbocycles. The molecule has 9 nitrogen and oxygen atoms in total. The fourth-order valence-electron chi connectivity index (χ4n) is 2.74. The second-order valence-electron chi connectivity index (χ2n) is 6.73. The van der Waals surface area contributed by atoms with Gasteiger partial charge < -0.3 is 25.6 Å². The molecule has 0 radical (unpaired) electrons. The molecule has 162 valence electrons. The standard InChI is InChI=1S/C22H23N3O6/c23-12-17-9-5-4-8-16(17)10-19(21(28)29)25-20(27)11-18(26)13-24-22(30)31-14-15-6-2-1-3-7-15/h1-9,18-19,26H,10-11,13-14H2,(H,24,30)(H,25,27)(H,28,29)/t18-,19+/m1/s1. The lowest BCUT2D eigenvalue weighted by Crippen LogP contribution is -2.44. The summed E-state index contributed by atoms with van der Waals surface area (Å²) in [7, 11) is 0. The summed E-state index contributed by atoms with van der Waals surface area (Å²) in [5.74, 6) is -1.97. The predicted molar refractivity (Wildman–Crippen MR) is 110 cm³/mol. The Morgan fingerprint density at radius 1 is 1.06 bits per heavy atom. The number of hydrogen-bond donors (Lipinski definition) is 4. The van der Waals surface area contributed by atoms with Gasteiger partial charge in [0.15, 0.2) is 0 Å².